The fourth-order valence-corrected chi connectivity index (χ4v) is 8.52. The number of hydrogen-bond donors (Lipinski definition) is 0. The zero-order valence-corrected chi connectivity index (χ0v) is 28.5. The molecule has 0 radical (unpaired) electrons. The number of thiophene rings is 1. The van der Waals surface area contributed by atoms with Crippen LogP contribution in [0.1, 0.15) is 0 Å². The minimum absolute atomic E-state index is 0.875. The molecular formula is C48H31NOS. The van der Waals surface area contributed by atoms with Gasteiger partial charge in [0.2, 0.25) is 0 Å². The topological polar surface area (TPSA) is 16.4 Å². The lowest BCUT2D eigenvalue weighted by Gasteiger charge is -2.26. The van der Waals surface area contributed by atoms with Crippen molar-refractivity contribution in [1.29, 1.82) is 0 Å². The van der Waals surface area contributed by atoms with Gasteiger partial charge in [-0.1, -0.05) is 121 Å². The molecule has 2 nitrogen and oxygen atoms in total. The second-order valence-electron chi connectivity index (χ2n) is 12.9. The van der Waals surface area contributed by atoms with E-state index in [-0.39, 0.29) is 0 Å². The van der Waals surface area contributed by atoms with Gasteiger partial charge >= 0.3 is 0 Å². The van der Waals surface area contributed by atoms with Gasteiger partial charge in [0.15, 0.2) is 0 Å². The first-order chi connectivity index (χ1) is 25.3. The van der Waals surface area contributed by atoms with Gasteiger partial charge in [0.05, 0.1) is 0 Å². The summed E-state index contributed by atoms with van der Waals surface area (Å²) < 4.78 is 8.97. The molecule has 0 amide bonds. The molecule has 0 atom stereocenters. The Morgan fingerprint density at radius 1 is 0.333 bits per heavy atom. The highest BCUT2D eigenvalue weighted by atomic mass is 32.1. The van der Waals surface area contributed by atoms with Gasteiger partial charge in [-0.3, -0.25) is 0 Å². The molecule has 8 aromatic carbocycles. The van der Waals surface area contributed by atoms with Crippen LogP contribution in [0.2, 0.25) is 0 Å². The Labute approximate surface area is 300 Å². The lowest BCUT2D eigenvalue weighted by Crippen LogP contribution is -2.09. The quantitative estimate of drug-likeness (QED) is 0.175. The van der Waals surface area contributed by atoms with E-state index in [9.17, 15) is 0 Å². The summed E-state index contributed by atoms with van der Waals surface area (Å²) >= 11 is 1.86. The maximum absolute atomic E-state index is 6.36. The Morgan fingerprint density at radius 3 is 1.61 bits per heavy atom. The van der Waals surface area contributed by atoms with E-state index in [2.05, 4.69) is 181 Å². The third-order valence-electron chi connectivity index (χ3n) is 9.89. The SMILES string of the molecule is c1ccc(-c2ccc(N(c3ccc(-c4cc5sc6ccccc6c5cc4-c4ccccc4)cc3)c3ccc4c(c3)oc3ccccc34)cc2)cc1. The van der Waals surface area contributed by atoms with Crippen LogP contribution < -0.4 is 4.90 Å². The van der Waals surface area contributed by atoms with E-state index in [0.717, 1.165) is 39.0 Å². The molecule has 51 heavy (non-hydrogen) atoms. The average Bonchev–Trinajstić information content (AvgIpc) is 3.76. The van der Waals surface area contributed by atoms with Crippen molar-refractivity contribution in [3.63, 3.8) is 0 Å². The molecule has 240 valence electrons. The maximum atomic E-state index is 6.36. The highest BCUT2D eigenvalue weighted by Gasteiger charge is 2.18. The molecule has 10 aromatic rings. The van der Waals surface area contributed by atoms with Gasteiger partial charge in [0, 0.05) is 54.1 Å². The van der Waals surface area contributed by atoms with E-state index in [0.29, 0.717) is 0 Å². The lowest BCUT2D eigenvalue weighted by molar-refractivity contribution is 0.669. The van der Waals surface area contributed by atoms with Crippen molar-refractivity contribution < 1.29 is 4.42 Å². The van der Waals surface area contributed by atoms with Crippen molar-refractivity contribution in [3.8, 4) is 33.4 Å². The molecule has 0 N–H and O–H groups in total. The number of fused-ring (bicyclic) bond motifs is 6. The molecule has 0 bridgehead atoms. The van der Waals surface area contributed by atoms with E-state index in [1.165, 1.54) is 53.6 Å². The van der Waals surface area contributed by atoms with Crippen LogP contribution in [0.15, 0.2) is 192 Å². The van der Waals surface area contributed by atoms with Crippen LogP contribution in [0, 0.1) is 0 Å². The number of benzene rings is 8. The van der Waals surface area contributed by atoms with E-state index >= 15 is 0 Å². The van der Waals surface area contributed by atoms with Gasteiger partial charge in [0.25, 0.3) is 0 Å². The van der Waals surface area contributed by atoms with Crippen molar-refractivity contribution in [3.05, 3.63) is 188 Å². The normalized spacial score (nSPS) is 11.5. The van der Waals surface area contributed by atoms with Gasteiger partial charge in [-0.15, -0.1) is 11.3 Å². The van der Waals surface area contributed by atoms with Crippen molar-refractivity contribution in [2.75, 3.05) is 4.90 Å². The summed E-state index contributed by atoms with van der Waals surface area (Å²) in [5.74, 6) is 0. The minimum atomic E-state index is 0.875. The average molecular weight is 670 g/mol. The number of anilines is 3. The van der Waals surface area contributed by atoms with Gasteiger partial charge in [-0.2, -0.15) is 0 Å². The first-order valence-corrected chi connectivity index (χ1v) is 18.1. The first kappa shape index (κ1) is 29.5. The van der Waals surface area contributed by atoms with Crippen LogP contribution in [-0.2, 0) is 0 Å². The third kappa shape index (κ3) is 5.18. The summed E-state index contributed by atoms with van der Waals surface area (Å²) in [4.78, 5) is 2.32. The summed E-state index contributed by atoms with van der Waals surface area (Å²) in [7, 11) is 0. The zero-order chi connectivity index (χ0) is 33.7. The molecule has 2 aromatic heterocycles. The molecule has 0 spiro atoms. The number of nitrogens with zero attached hydrogens (tertiary/aromatic N) is 1. The van der Waals surface area contributed by atoms with Gasteiger partial charge in [0.1, 0.15) is 11.2 Å². The summed E-state index contributed by atoms with van der Waals surface area (Å²) in [6, 6.07) is 67.4. The van der Waals surface area contributed by atoms with E-state index in [4.69, 9.17) is 4.42 Å². The van der Waals surface area contributed by atoms with Crippen molar-refractivity contribution in [2.24, 2.45) is 0 Å². The Hall–Kier alpha value is -6.42. The minimum Gasteiger partial charge on any atom is -0.456 e. The highest BCUT2D eigenvalue weighted by molar-refractivity contribution is 7.25. The first-order valence-electron chi connectivity index (χ1n) is 17.2. The fourth-order valence-electron chi connectivity index (χ4n) is 7.39. The Bertz CT molecular complexity index is 2830. The highest BCUT2D eigenvalue weighted by Crippen LogP contribution is 2.44. The monoisotopic (exact) mass is 669 g/mol. The van der Waals surface area contributed by atoms with Crippen LogP contribution in [0.3, 0.4) is 0 Å². The lowest BCUT2D eigenvalue weighted by atomic mass is 9.92. The van der Waals surface area contributed by atoms with Crippen molar-refractivity contribution >= 4 is 70.5 Å². The van der Waals surface area contributed by atoms with Crippen LogP contribution in [0.5, 0.6) is 0 Å². The summed E-state index contributed by atoms with van der Waals surface area (Å²) in [5.41, 5.74) is 12.2. The standard InChI is InChI=1S/C48H31NOS/c1-3-11-32(12-4-1)33-19-23-36(24-20-33)49(38-27-28-40-39-15-7-9-17-45(39)50-46(40)29-38)37-25-21-35(22-26-37)43-31-48-44(41-16-8-10-18-47(41)51-48)30-42(43)34-13-5-2-6-14-34/h1-31H. The third-order valence-corrected chi connectivity index (χ3v) is 11.0. The molecule has 3 heteroatoms. The van der Waals surface area contributed by atoms with Crippen LogP contribution in [0.4, 0.5) is 17.1 Å². The number of furan rings is 1. The molecule has 0 fully saturated rings. The summed E-state index contributed by atoms with van der Waals surface area (Å²) in [6.45, 7) is 0. The van der Waals surface area contributed by atoms with Crippen molar-refractivity contribution in [2.45, 2.75) is 0 Å². The number of hydrogen-bond acceptors (Lipinski definition) is 3. The predicted molar refractivity (Wildman–Crippen MR) is 218 cm³/mol. The molecular weight excluding hydrogens is 639 g/mol. The number of para-hydroxylation sites is 1. The predicted octanol–water partition coefficient (Wildman–Crippen LogP) is 14.4. The van der Waals surface area contributed by atoms with Gasteiger partial charge in [-0.25, -0.2) is 0 Å². The van der Waals surface area contributed by atoms with E-state index < -0.39 is 0 Å². The molecule has 0 aliphatic rings. The maximum Gasteiger partial charge on any atom is 0.137 e. The van der Waals surface area contributed by atoms with E-state index in [1.54, 1.807) is 0 Å². The Kier molecular flexibility index (Phi) is 7.04. The van der Waals surface area contributed by atoms with Gasteiger partial charge < -0.3 is 9.32 Å². The van der Waals surface area contributed by atoms with Gasteiger partial charge in [-0.05, 0) is 94.0 Å². The van der Waals surface area contributed by atoms with Crippen LogP contribution in [0.25, 0.3) is 75.5 Å². The zero-order valence-electron chi connectivity index (χ0n) is 27.7. The smallest absolute Gasteiger partial charge is 0.137 e. The Balaban J connectivity index is 1.11. The fraction of sp³-hybridized carbons (Fsp3) is 0. The molecule has 2 heterocycles. The molecule has 10 rings (SSSR count). The van der Waals surface area contributed by atoms with Crippen molar-refractivity contribution in [1.82, 2.24) is 0 Å². The number of rotatable bonds is 6. The summed E-state index contributed by atoms with van der Waals surface area (Å²) in [5, 5.41) is 4.87. The molecule has 0 saturated carbocycles. The summed E-state index contributed by atoms with van der Waals surface area (Å²) in [6.07, 6.45) is 0. The molecule has 0 saturated heterocycles. The van der Waals surface area contributed by atoms with Crippen LogP contribution >= 0.6 is 11.3 Å². The second kappa shape index (κ2) is 12.2. The molecule has 0 aliphatic heterocycles. The van der Waals surface area contributed by atoms with E-state index in [1.807, 2.05) is 23.5 Å². The van der Waals surface area contributed by atoms with Crippen LogP contribution in [-0.4, -0.2) is 0 Å². The Morgan fingerprint density at radius 2 is 0.863 bits per heavy atom. The molecule has 0 aliphatic carbocycles. The molecule has 0 unspecified atom stereocenters. The largest absolute Gasteiger partial charge is 0.456 e. The second-order valence-corrected chi connectivity index (χ2v) is 14.0.